The number of hydrogen-bond acceptors (Lipinski definition) is 2. The Morgan fingerprint density at radius 1 is 1.04 bits per heavy atom. The van der Waals surface area contributed by atoms with Crippen LogP contribution in [-0.2, 0) is 0 Å². The molecule has 3 aromatic rings. The first-order valence-corrected chi connectivity index (χ1v) is 9.07. The number of nitrogens with zero attached hydrogens (tertiary/aromatic N) is 2. The maximum Gasteiger partial charge on any atom is 0.156 e. The first-order valence-electron chi connectivity index (χ1n) is 8.32. The number of aromatic amines is 1. The fourth-order valence-corrected chi connectivity index (χ4v) is 4.47. The van der Waals surface area contributed by atoms with Crippen molar-refractivity contribution in [2.45, 2.75) is 32.6 Å². The van der Waals surface area contributed by atoms with Gasteiger partial charge in [-0.15, -0.1) is 0 Å². The molecule has 1 N–H and O–H groups in total. The van der Waals surface area contributed by atoms with Crippen LogP contribution >= 0.6 is 23.2 Å². The molecule has 128 valence electrons. The molecule has 2 atom stereocenters. The summed E-state index contributed by atoms with van der Waals surface area (Å²) in [6.45, 7) is 6.61. The van der Waals surface area contributed by atoms with E-state index in [0.717, 1.165) is 22.9 Å². The number of H-pyrrole nitrogens is 1. The molecule has 1 fully saturated rings. The molecule has 25 heavy (non-hydrogen) atoms. The predicted octanol–water partition coefficient (Wildman–Crippen LogP) is 5.99. The van der Waals surface area contributed by atoms with Gasteiger partial charge in [0.1, 0.15) is 5.69 Å². The second-order valence-electron chi connectivity index (χ2n) is 7.29. The van der Waals surface area contributed by atoms with Crippen LogP contribution in [-0.4, -0.2) is 15.0 Å². The SMILES string of the molecule is Cc1[nH]c(-c2ccccn2)nc1C1C(c2cc(Cl)cc(Cl)c2)C1(C)C. The highest BCUT2D eigenvalue weighted by Gasteiger charge is 2.60. The van der Waals surface area contributed by atoms with E-state index in [1.165, 1.54) is 5.56 Å². The van der Waals surface area contributed by atoms with Gasteiger partial charge >= 0.3 is 0 Å². The lowest BCUT2D eigenvalue weighted by atomic mass is 10.0. The first-order chi connectivity index (χ1) is 11.9. The zero-order chi connectivity index (χ0) is 17.8. The summed E-state index contributed by atoms with van der Waals surface area (Å²) < 4.78 is 0. The van der Waals surface area contributed by atoms with Gasteiger partial charge in [0.25, 0.3) is 0 Å². The van der Waals surface area contributed by atoms with E-state index in [0.29, 0.717) is 21.9 Å². The van der Waals surface area contributed by atoms with E-state index in [-0.39, 0.29) is 5.41 Å². The van der Waals surface area contributed by atoms with Crippen molar-refractivity contribution in [3.05, 3.63) is 69.6 Å². The van der Waals surface area contributed by atoms with Gasteiger partial charge < -0.3 is 4.98 Å². The predicted molar refractivity (Wildman–Crippen MR) is 102 cm³/mol. The topological polar surface area (TPSA) is 41.6 Å². The maximum atomic E-state index is 6.21. The lowest BCUT2D eigenvalue weighted by Crippen LogP contribution is -1.92. The normalized spacial score (nSPS) is 21.3. The van der Waals surface area contributed by atoms with Crippen molar-refractivity contribution in [3.63, 3.8) is 0 Å². The van der Waals surface area contributed by atoms with Gasteiger partial charge in [-0.25, -0.2) is 4.98 Å². The van der Waals surface area contributed by atoms with Crippen molar-refractivity contribution in [1.29, 1.82) is 0 Å². The average Bonchev–Trinajstić information content (AvgIpc) is 2.92. The number of pyridine rings is 1. The van der Waals surface area contributed by atoms with Crippen LogP contribution in [0.25, 0.3) is 11.5 Å². The molecule has 5 heteroatoms. The number of rotatable bonds is 3. The molecule has 1 aliphatic rings. The van der Waals surface area contributed by atoms with Crippen LogP contribution in [0.1, 0.15) is 42.6 Å². The summed E-state index contributed by atoms with van der Waals surface area (Å²) in [5, 5.41) is 1.36. The lowest BCUT2D eigenvalue weighted by Gasteiger charge is -2.04. The lowest BCUT2D eigenvalue weighted by molar-refractivity contribution is 0.597. The molecule has 0 amide bonds. The molecule has 2 unspecified atom stereocenters. The summed E-state index contributed by atoms with van der Waals surface area (Å²) in [4.78, 5) is 12.7. The van der Waals surface area contributed by atoms with Gasteiger partial charge in [0.2, 0.25) is 0 Å². The van der Waals surface area contributed by atoms with E-state index in [1.807, 2.05) is 30.3 Å². The molecule has 3 nitrogen and oxygen atoms in total. The minimum atomic E-state index is 0.106. The summed E-state index contributed by atoms with van der Waals surface area (Å²) in [7, 11) is 0. The minimum Gasteiger partial charge on any atom is -0.341 e. The van der Waals surface area contributed by atoms with Crippen molar-refractivity contribution in [3.8, 4) is 11.5 Å². The van der Waals surface area contributed by atoms with Crippen molar-refractivity contribution in [1.82, 2.24) is 15.0 Å². The van der Waals surface area contributed by atoms with Crippen molar-refractivity contribution in [2.24, 2.45) is 5.41 Å². The molecular formula is C20H19Cl2N3. The molecule has 1 saturated carbocycles. The largest absolute Gasteiger partial charge is 0.341 e. The smallest absolute Gasteiger partial charge is 0.156 e. The number of hydrogen-bond donors (Lipinski definition) is 1. The second kappa shape index (κ2) is 5.86. The van der Waals surface area contributed by atoms with Crippen LogP contribution in [0.15, 0.2) is 42.6 Å². The second-order valence-corrected chi connectivity index (χ2v) is 8.16. The Bertz CT molecular complexity index is 911. The zero-order valence-electron chi connectivity index (χ0n) is 14.3. The molecule has 4 rings (SSSR count). The number of benzene rings is 1. The molecule has 0 spiro atoms. The number of nitrogens with one attached hydrogen (secondary N) is 1. The van der Waals surface area contributed by atoms with Gasteiger partial charge in [-0.2, -0.15) is 0 Å². The Labute approximate surface area is 157 Å². The molecule has 0 bridgehead atoms. The third-order valence-electron chi connectivity index (χ3n) is 5.20. The Morgan fingerprint density at radius 2 is 1.76 bits per heavy atom. The van der Waals surface area contributed by atoms with Crippen molar-refractivity contribution in [2.75, 3.05) is 0 Å². The highest BCUT2D eigenvalue weighted by Crippen LogP contribution is 2.70. The molecular weight excluding hydrogens is 353 g/mol. The molecule has 0 saturated heterocycles. The van der Waals surface area contributed by atoms with Crippen molar-refractivity contribution < 1.29 is 0 Å². The Balaban J connectivity index is 1.72. The average molecular weight is 372 g/mol. The molecule has 2 aromatic heterocycles. The molecule has 1 aliphatic carbocycles. The van der Waals surface area contributed by atoms with Gasteiger partial charge in [-0.05, 0) is 54.2 Å². The molecule has 0 radical (unpaired) electrons. The van der Waals surface area contributed by atoms with E-state index >= 15 is 0 Å². The summed E-state index contributed by atoms with van der Waals surface area (Å²) in [5.41, 5.74) is 4.34. The van der Waals surface area contributed by atoms with Crippen LogP contribution in [0.5, 0.6) is 0 Å². The molecule has 1 aromatic carbocycles. The maximum absolute atomic E-state index is 6.21. The summed E-state index contributed by atoms with van der Waals surface area (Å²) in [6, 6.07) is 11.6. The van der Waals surface area contributed by atoms with Crippen LogP contribution in [0.3, 0.4) is 0 Å². The third-order valence-corrected chi connectivity index (χ3v) is 5.63. The Morgan fingerprint density at radius 3 is 2.40 bits per heavy atom. The standard InChI is InChI=1S/C20H19Cl2N3/c1-11-18(25-19(24-11)15-6-4-5-7-23-15)17-16(20(17,2)3)12-8-13(21)10-14(22)9-12/h4-10,16-17H,1-3H3,(H,24,25). The van der Waals surface area contributed by atoms with E-state index in [9.17, 15) is 0 Å². The van der Waals surface area contributed by atoms with Crippen LogP contribution < -0.4 is 0 Å². The fraction of sp³-hybridized carbons (Fsp3) is 0.300. The summed E-state index contributed by atoms with van der Waals surface area (Å²) in [5.74, 6) is 1.50. The Kier molecular flexibility index (Phi) is 3.89. The first kappa shape index (κ1) is 16.6. The van der Waals surface area contributed by atoms with Gasteiger partial charge in [0.05, 0.1) is 5.69 Å². The van der Waals surface area contributed by atoms with Crippen LogP contribution in [0.2, 0.25) is 10.0 Å². The molecule has 2 heterocycles. The highest BCUT2D eigenvalue weighted by molar-refractivity contribution is 6.34. The van der Waals surface area contributed by atoms with E-state index in [2.05, 4.69) is 30.7 Å². The molecule has 0 aliphatic heterocycles. The van der Waals surface area contributed by atoms with Gasteiger partial charge in [0, 0.05) is 27.9 Å². The Hall–Kier alpha value is -1.84. The number of aryl methyl sites for hydroxylation is 1. The number of halogens is 2. The summed E-state index contributed by atoms with van der Waals surface area (Å²) >= 11 is 12.4. The summed E-state index contributed by atoms with van der Waals surface area (Å²) in [6.07, 6.45) is 1.78. The van der Waals surface area contributed by atoms with E-state index in [4.69, 9.17) is 28.2 Å². The van der Waals surface area contributed by atoms with Crippen LogP contribution in [0, 0.1) is 12.3 Å². The highest BCUT2D eigenvalue weighted by atomic mass is 35.5. The monoisotopic (exact) mass is 371 g/mol. The van der Waals surface area contributed by atoms with E-state index < -0.39 is 0 Å². The van der Waals surface area contributed by atoms with Gasteiger partial charge in [-0.3, -0.25) is 4.98 Å². The number of imidazole rings is 1. The van der Waals surface area contributed by atoms with Gasteiger partial charge in [-0.1, -0.05) is 43.1 Å². The fourth-order valence-electron chi connectivity index (χ4n) is 3.93. The van der Waals surface area contributed by atoms with Crippen molar-refractivity contribution >= 4 is 23.2 Å². The third kappa shape index (κ3) is 2.86. The van der Waals surface area contributed by atoms with Crippen LogP contribution in [0.4, 0.5) is 0 Å². The quantitative estimate of drug-likeness (QED) is 0.613. The zero-order valence-corrected chi connectivity index (χ0v) is 15.9. The minimum absolute atomic E-state index is 0.106. The van der Waals surface area contributed by atoms with E-state index in [1.54, 1.807) is 12.3 Å². The van der Waals surface area contributed by atoms with Gasteiger partial charge in [0.15, 0.2) is 5.82 Å². The number of aromatic nitrogens is 3.